The van der Waals surface area contributed by atoms with Gasteiger partial charge in [-0.1, -0.05) is 23.7 Å². The van der Waals surface area contributed by atoms with Crippen LogP contribution in [0.2, 0.25) is 5.02 Å². The van der Waals surface area contributed by atoms with E-state index in [9.17, 15) is 0 Å². The Hall–Kier alpha value is -0.570. The SMILES string of the molecule is Cc1cc(C(C)NN)ccc1Cl. The average Bonchev–Trinajstić information content (AvgIpc) is 2.08. The number of halogens is 1. The van der Waals surface area contributed by atoms with E-state index >= 15 is 0 Å². The van der Waals surface area contributed by atoms with Crippen LogP contribution < -0.4 is 11.3 Å². The zero-order valence-corrected chi connectivity index (χ0v) is 8.02. The highest BCUT2D eigenvalue weighted by Crippen LogP contribution is 2.19. The fourth-order valence-electron chi connectivity index (χ4n) is 1.03. The summed E-state index contributed by atoms with van der Waals surface area (Å²) in [7, 11) is 0. The molecule has 1 atom stereocenters. The van der Waals surface area contributed by atoms with Gasteiger partial charge < -0.3 is 0 Å². The second-order valence-electron chi connectivity index (χ2n) is 2.90. The van der Waals surface area contributed by atoms with Gasteiger partial charge in [-0.3, -0.25) is 11.3 Å². The van der Waals surface area contributed by atoms with Crippen molar-refractivity contribution in [2.24, 2.45) is 5.84 Å². The third kappa shape index (κ3) is 1.97. The highest BCUT2D eigenvalue weighted by molar-refractivity contribution is 6.31. The van der Waals surface area contributed by atoms with Gasteiger partial charge in [-0.2, -0.15) is 0 Å². The molecule has 0 spiro atoms. The summed E-state index contributed by atoms with van der Waals surface area (Å²) in [6.07, 6.45) is 0. The number of nitrogens with two attached hydrogens (primary N) is 1. The van der Waals surface area contributed by atoms with E-state index in [1.807, 2.05) is 32.0 Å². The van der Waals surface area contributed by atoms with Crippen LogP contribution in [0.5, 0.6) is 0 Å². The van der Waals surface area contributed by atoms with E-state index in [-0.39, 0.29) is 6.04 Å². The Kier molecular flexibility index (Phi) is 3.09. The van der Waals surface area contributed by atoms with Crippen molar-refractivity contribution in [2.75, 3.05) is 0 Å². The molecule has 1 rings (SSSR count). The van der Waals surface area contributed by atoms with Crippen LogP contribution in [0, 0.1) is 6.92 Å². The van der Waals surface area contributed by atoms with Crippen molar-refractivity contribution < 1.29 is 0 Å². The topological polar surface area (TPSA) is 38.0 Å². The maximum absolute atomic E-state index is 5.88. The molecule has 0 amide bonds. The van der Waals surface area contributed by atoms with Crippen molar-refractivity contribution in [3.05, 3.63) is 34.3 Å². The molecule has 0 fully saturated rings. The molecular formula is C9H13ClN2. The van der Waals surface area contributed by atoms with Gasteiger partial charge in [0.2, 0.25) is 0 Å². The van der Waals surface area contributed by atoms with E-state index in [1.165, 1.54) is 0 Å². The molecular weight excluding hydrogens is 172 g/mol. The van der Waals surface area contributed by atoms with E-state index in [2.05, 4.69) is 5.43 Å². The van der Waals surface area contributed by atoms with Gasteiger partial charge in [-0.15, -0.1) is 0 Å². The molecule has 12 heavy (non-hydrogen) atoms. The Labute approximate surface area is 77.7 Å². The zero-order chi connectivity index (χ0) is 9.14. The third-order valence-electron chi connectivity index (χ3n) is 1.93. The molecule has 0 saturated carbocycles. The van der Waals surface area contributed by atoms with Gasteiger partial charge >= 0.3 is 0 Å². The van der Waals surface area contributed by atoms with Gasteiger partial charge in [0, 0.05) is 11.1 Å². The lowest BCUT2D eigenvalue weighted by molar-refractivity contribution is 0.602. The average molecular weight is 185 g/mol. The molecule has 3 N–H and O–H groups in total. The smallest absolute Gasteiger partial charge is 0.0435 e. The molecule has 1 aromatic carbocycles. The Morgan fingerprint density at radius 3 is 2.67 bits per heavy atom. The first kappa shape index (κ1) is 9.52. The van der Waals surface area contributed by atoms with Gasteiger partial charge in [-0.05, 0) is 31.0 Å². The normalized spacial score (nSPS) is 13.0. The van der Waals surface area contributed by atoms with E-state index in [0.29, 0.717) is 0 Å². The van der Waals surface area contributed by atoms with Crippen LogP contribution in [0.4, 0.5) is 0 Å². The van der Waals surface area contributed by atoms with Gasteiger partial charge in [0.25, 0.3) is 0 Å². The van der Waals surface area contributed by atoms with Crippen molar-refractivity contribution in [3.63, 3.8) is 0 Å². The molecule has 2 nitrogen and oxygen atoms in total. The zero-order valence-electron chi connectivity index (χ0n) is 7.26. The Balaban J connectivity index is 2.96. The fourth-order valence-corrected chi connectivity index (χ4v) is 1.15. The first-order chi connectivity index (χ1) is 5.65. The van der Waals surface area contributed by atoms with Crippen molar-refractivity contribution >= 4 is 11.6 Å². The molecule has 1 unspecified atom stereocenters. The molecule has 0 aliphatic carbocycles. The van der Waals surface area contributed by atoms with E-state index < -0.39 is 0 Å². The molecule has 0 radical (unpaired) electrons. The Bertz CT molecular complexity index is 273. The van der Waals surface area contributed by atoms with Gasteiger partial charge in [0.1, 0.15) is 0 Å². The maximum Gasteiger partial charge on any atom is 0.0435 e. The summed E-state index contributed by atoms with van der Waals surface area (Å²) in [5.41, 5.74) is 4.92. The summed E-state index contributed by atoms with van der Waals surface area (Å²) in [5.74, 6) is 5.31. The summed E-state index contributed by atoms with van der Waals surface area (Å²) >= 11 is 5.88. The molecule has 0 bridgehead atoms. The lowest BCUT2D eigenvalue weighted by Gasteiger charge is -2.11. The van der Waals surface area contributed by atoms with Crippen LogP contribution in [-0.2, 0) is 0 Å². The maximum atomic E-state index is 5.88. The van der Waals surface area contributed by atoms with Crippen molar-refractivity contribution in [3.8, 4) is 0 Å². The van der Waals surface area contributed by atoms with Gasteiger partial charge in [0.15, 0.2) is 0 Å². The predicted octanol–water partition coefficient (Wildman–Crippen LogP) is 2.17. The quantitative estimate of drug-likeness (QED) is 0.546. The number of benzene rings is 1. The fraction of sp³-hybridized carbons (Fsp3) is 0.333. The minimum atomic E-state index is 0.168. The highest BCUT2D eigenvalue weighted by Gasteiger charge is 2.03. The number of aryl methyl sites for hydroxylation is 1. The number of hydrogen-bond donors (Lipinski definition) is 2. The van der Waals surface area contributed by atoms with Crippen molar-refractivity contribution in [2.45, 2.75) is 19.9 Å². The second-order valence-corrected chi connectivity index (χ2v) is 3.30. The van der Waals surface area contributed by atoms with Crippen LogP contribution >= 0.6 is 11.6 Å². The van der Waals surface area contributed by atoms with Gasteiger partial charge in [0.05, 0.1) is 0 Å². The summed E-state index contributed by atoms with van der Waals surface area (Å²) in [6, 6.07) is 6.06. The van der Waals surface area contributed by atoms with Crippen LogP contribution in [0.1, 0.15) is 24.1 Å². The van der Waals surface area contributed by atoms with Crippen molar-refractivity contribution in [1.29, 1.82) is 0 Å². The molecule has 3 heteroatoms. The molecule has 0 saturated heterocycles. The monoisotopic (exact) mass is 184 g/mol. The lowest BCUT2D eigenvalue weighted by Crippen LogP contribution is -2.25. The number of rotatable bonds is 2. The number of hydrazine groups is 1. The molecule has 1 aromatic rings. The van der Waals surface area contributed by atoms with E-state index in [0.717, 1.165) is 16.1 Å². The standard InChI is InChI=1S/C9H13ClN2/c1-6-5-8(7(2)12-11)3-4-9(6)10/h3-5,7,12H,11H2,1-2H3. The molecule has 0 heterocycles. The van der Waals surface area contributed by atoms with E-state index in [4.69, 9.17) is 17.4 Å². The molecule has 66 valence electrons. The minimum Gasteiger partial charge on any atom is -0.271 e. The largest absolute Gasteiger partial charge is 0.271 e. The third-order valence-corrected chi connectivity index (χ3v) is 2.36. The van der Waals surface area contributed by atoms with Crippen LogP contribution in [0.15, 0.2) is 18.2 Å². The minimum absolute atomic E-state index is 0.168. The molecule has 0 aliphatic rings. The molecule has 0 aromatic heterocycles. The van der Waals surface area contributed by atoms with E-state index in [1.54, 1.807) is 0 Å². The Morgan fingerprint density at radius 2 is 2.17 bits per heavy atom. The number of nitrogens with one attached hydrogen (secondary N) is 1. The van der Waals surface area contributed by atoms with Gasteiger partial charge in [-0.25, -0.2) is 0 Å². The second kappa shape index (κ2) is 3.90. The first-order valence-electron chi connectivity index (χ1n) is 3.87. The molecule has 0 aliphatic heterocycles. The van der Waals surface area contributed by atoms with Crippen LogP contribution in [0.3, 0.4) is 0 Å². The summed E-state index contributed by atoms with van der Waals surface area (Å²) in [6.45, 7) is 3.98. The summed E-state index contributed by atoms with van der Waals surface area (Å²) in [4.78, 5) is 0. The summed E-state index contributed by atoms with van der Waals surface area (Å²) in [5, 5.41) is 0.794. The Morgan fingerprint density at radius 1 is 1.50 bits per heavy atom. The summed E-state index contributed by atoms with van der Waals surface area (Å²) < 4.78 is 0. The predicted molar refractivity (Wildman–Crippen MR) is 51.9 cm³/mol. The van der Waals surface area contributed by atoms with Crippen molar-refractivity contribution in [1.82, 2.24) is 5.43 Å². The first-order valence-corrected chi connectivity index (χ1v) is 4.25. The van der Waals surface area contributed by atoms with Crippen LogP contribution in [-0.4, -0.2) is 0 Å². The highest BCUT2D eigenvalue weighted by atomic mass is 35.5. The van der Waals surface area contributed by atoms with Crippen LogP contribution in [0.25, 0.3) is 0 Å². The lowest BCUT2D eigenvalue weighted by atomic mass is 10.1. The number of hydrogen-bond acceptors (Lipinski definition) is 2.